The molecule has 0 aliphatic heterocycles. The summed E-state index contributed by atoms with van der Waals surface area (Å²) in [6.45, 7) is 2.29. The van der Waals surface area contributed by atoms with Crippen LogP contribution >= 0.6 is 0 Å². The van der Waals surface area contributed by atoms with Gasteiger partial charge in [-0.15, -0.1) is 0 Å². The molecular formula is C11H17N3. The summed E-state index contributed by atoms with van der Waals surface area (Å²) in [7, 11) is 1.99. The Hall–Kier alpha value is -1.09. The van der Waals surface area contributed by atoms with E-state index in [1.54, 1.807) is 6.20 Å². The summed E-state index contributed by atoms with van der Waals surface area (Å²) in [6.07, 6.45) is 4.28. The number of pyridine rings is 1. The molecule has 1 heterocycles. The zero-order valence-corrected chi connectivity index (χ0v) is 8.75. The van der Waals surface area contributed by atoms with Gasteiger partial charge >= 0.3 is 0 Å². The number of nitrogens with two attached hydrogens (primary N) is 1. The van der Waals surface area contributed by atoms with Crippen molar-refractivity contribution < 1.29 is 0 Å². The van der Waals surface area contributed by atoms with Gasteiger partial charge < -0.3 is 11.1 Å². The van der Waals surface area contributed by atoms with Crippen LogP contribution in [0.3, 0.4) is 0 Å². The van der Waals surface area contributed by atoms with Crippen LogP contribution in [0.25, 0.3) is 0 Å². The summed E-state index contributed by atoms with van der Waals surface area (Å²) in [5.41, 5.74) is 7.39. The standard InChI is InChI=1S/C11H17N3/c1-11(5-6-11)9(13-2)8-4-3-7-14-10(8)12/h3-4,7,9,13H,5-6H2,1-2H3,(H2,12,14). The van der Waals surface area contributed by atoms with E-state index in [9.17, 15) is 0 Å². The molecule has 76 valence electrons. The lowest BCUT2D eigenvalue weighted by molar-refractivity contribution is 0.391. The second-order valence-corrected chi connectivity index (χ2v) is 4.35. The average Bonchev–Trinajstić information content (AvgIpc) is 2.89. The number of anilines is 1. The molecule has 1 aliphatic rings. The van der Waals surface area contributed by atoms with Crippen LogP contribution in [-0.2, 0) is 0 Å². The molecule has 2 rings (SSSR count). The van der Waals surface area contributed by atoms with Crippen LogP contribution in [-0.4, -0.2) is 12.0 Å². The van der Waals surface area contributed by atoms with Gasteiger partial charge in [0.25, 0.3) is 0 Å². The molecule has 1 aliphatic carbocycles. The van der Waals surface area contributed by atoms with Crippen molar-refractivity contribution >= 4 is 5.82 Å². The molecule has 3 N–H and O–H groups in total. The van der Waals surface area contributed by atoms with Gasteiger partial charge in [0.05, 0.1) is 0 Å². The maximum atomic E-state index is 5.87. The molecule has 1 aromatic rings. The van der Waals surface area contributed by atoms with Gasteiger partial charge in [0.1, 0.15) is 5.82 Å². The Morgan fingerprint density at radius 2 is 2.29 bits per heavy atom. The van der Waals surface area contributed by atoms with Crippen molar-refractivity contribution in [1.82, 2.24) is 10.3 Å². The van der Waals surface area contributed by atoms with Crippen LogP contribution < -0.4 is 11.1 Å². The summed E-state index contributed by atoms with van der Waals surface area (Å²) in [5.74, 6) is 0.653. The number of hydrogen-bond acceptors (Lipinski definition) is 3. The van der Waals surface area contributed by atoms with Crippen LogP contribution in [0.4, 0.5) is 5.82 Å². The van der Waals surface area contributed by atoms with E-state index in [1.165, 1.54) is 12.8 Å². The van der Waals surface area contributed by atoms with Gasteiger partial charge in [0.2, 0.25) is 0 Å². The molecule has 3 nitrogen and oxygen atoms in total. The average molecular weight is 191 g/mol. The smallest absolute Gasteiger partial charge is 0.128 e. The molecule has 1 aromatic heterocycles. The van der Waals surface area contributed by atoms with Crippen molar-refractivity contribution in [2.24, 2.45) is 5.41 Å². The van der Waals surface area contributed by atoms with E-state index in [-0.39, 0.29) is 0 Å². The minimum absolute atomic E-state index is 0.344. The van der Waals surface area contributed by atoms with Crippen molar-refractivity contribution in [2.45, 2.75) is 25.8 Å². The second-order valence-electron chi connectivity index (χ2n) is 4.35. The fourth-order valence-corrected chi connectivity index (χ4v) is 2.04. The number of rotatable bonds is 3. The minimum atomic E-state index is 0.344. The Morgan fingerprint density at radius 1 is 1.57 bits per heavy atom. The third-order valence-corrected chi connectivity index (χ3v) is 3.21. The number of hydrogen-bond donors (Lipinski definition) is 2. The summed E-state index contributed by atoms with van der Waals surface area (Å²) < 4.78 is 0. The monoisotopic (exact) mass is 191 g/mol. The first kappa shape index (κ1) is 9.46. The number of aromatic nitrogens is 1. The normalized spacial score (nSPS) is 20.4. The quantitative estimate of drug-likeness (QED) is 0.765. The summed E-state index contributed by atoms with van der Waals surface area (Å²) in [4.78, 5) is 4.13. The van der Waals surface area contributed by atoms with E-state index in [0.29, 0.717) is 17.3 Å². The van der Waals surface area contributed by atoms with Crippen molar-refractivity contribution in [3.05, 3.63) is 23.9 Å². The molecule has 1 saturated carbocycles. The molecule has 1 fully saturated rings. The molecule has 3 heteroatoms. The Bertz CT molecular complexity index is 331. The number of nitrogens with zero attached hydrogens (tertiary/aromatic N) is 1. The van der Waals surface area contributed by atoms with Gasteiger partial charge in [0.15, 0.2) is 0 Å². The van der Waals surface area contributed by atoms with Crippen LogP contribution in [0.15, 0.2) is 18.3 Å². The lowest BCUT2D eigenvalue weighted by Crippen LogP contribution is -2.25. The molecule has 0 aromatic carbocycles. The molecule has 0 amide bonds. The fourth-order valence-electron chi connectivity index (χ4n) is 2.04. The van der Waals surface area contributed by atoms with E-state index in [2.05, 4.69) is 23.3 Å². The first-order valence-electron chi connectivity index (χ1n) is 5.05. The van der Waals surface area contributed by atoms with Gasteiger partial charge in [-0.1, -0.05) is 13.0 Å². The highest BCUT2D eigenvalue weighted by Gasteiger charge is 2.45. The highest BCUT2D eigenvalue weighted by atomic mass is 14.9. The Kier molecular flexibility index (Phi) is 2.19. The van der Waals surface area contributed by atoms with E-state index in [4.69, 9.17) is 5.73 Å². The van der Waals surface area contributed by atoms with Crippen molar-refractivity contribution in [1.29, 1.82) is 0 Å². The van der Waals surface area contributed by atoms with E-state index >= 15 is 0 Å². The van der Waals surface area contributed by atoms with Crippen molar-refractivity contribution in [3.8, 4) is 0 Å². The fraction of sp³-hybridized carbons (Fsp3) is 0.545. The predicted octanol–water partition coefficient (Wildman–Crippen LogP) is 1.72. The first-order chi connectivity index (χ1) is 6.67. The lowest BCUT2D eigenvalue weighted by atomic mass is 9.92. The van der Waals surface area contributed by atoms with Gasteiger partial charge in [-0.2, -0.15) is 0 Å². The van der Waals surface area contributed by atoms with Crippen LogP contribution in [0.2, 0.25) is 0 Å². The minimum Gasteiger partial charge on any atom is -0.383 e. The molecule has 1 atom stereocenters. The molecular weight excluding hydrogens is 174 g/mol. The molecule has 0 spiro atoms. The van der Waals surface area contributed by atoms with E-state index < -0.39 is 0 Å². The van der Waals surface area contributed by atoms with Crippen molar-refractivity contribution in [2.75, 3.05) is 12.8 Å². The topological polar surface area (TPSA) is 50.9 Å². The molecule has 0 radical (unpaired) electrons. The lowest BCUT2D eigenvalue weighted by Gasteiger charge is -2.24. The maximum absolute atomic E-state index is 5.87. The molecule has 1 unspecified atom stereocenters. The molecule has 0 saturated heterocycles. The summed E-state index contributed by atoms with van der Waals surface area (Å²) in [5, 5.41) is 3.34. The third kappa shape index (κ3) is 1.48. The van der Waals surface area contributed by atoms with Gasteiger partial charge in [-0.25, -0.2) is 4.98 Å². The van der Waals surface area contributed by atoms with E-state index in [0.717, 1.165) is 5.56 Å². The maximum Gasteiger partial charge on any atom is 0.128 e. The van der Waals surface area contributed by atoms with E-state index in [1.807, 2.05) is 13.1 Å². The summed E-state index contributed by atoms with van der Waals surface area (Å²) in [6, 6.07) is 4.35. The van der Waals surface area contributed by atoms with Crippen LogP contribution in [0.1, 0.15) is 31.4 Å². The van der Waals surface area contributed by atoms with Crippen molar-refractivity contribution in [3.63, 3.8) is 0 Å². The predicted molar refractivity (Wildman–Crippen MR) is 57.8 cm³/mol. The second kappa shape index (κ2) is 3.24. The Labute approximate surface area is 84.7 Å². The van der Waals surface area contributed by atoms with Gasteiger partial charge in [0, 0.05) is 17.8 Å². The largest absolute Gasteiger partial charge is 0.383 e. The Balaban J connectivity index is 2.32. The van der Waals surface area contributed by atoms with Crippen LogP contribution in [0.5, 0.6) is 0 Å². The van der Waals surface area contributed by atoms with Crippen LogP contribution in [0, 0.1) is 5.41 Å². The first-order valence-corrected chi connectivity index (χ1v) is 5.05. The van der Waals surface area contributed by atoms with Gasteiger partial charge in [-0.05, 0) is 31.4 Å². The summed E-state index contributed by atoms with van der Waals surface area (Å²) >= 11 is 0. The highest BCUT2D eigenvalue weighted by molar-refractivity contribution is 5.42. The Morgan fingerprint density at radius 3 is 2.79 bits per heavy atom. The third-order valence-electron chi connectivity index (χ3n) is 3.21. The van der Waals surface area contributed by atoms with Gasteiger partial charge in [-0.3, -0.25) is 0 Å². The highest BCUT2D eigenvalue weighted by Crippen LogP contribution is 2.54. The molecule has 14 heavy (non-hydrogen) atoms. The number of nitrogens with one attached hydrogen (secondary N) is 1. The molecule has 0 bridgehead atoms. The zero-order valence-electron chi connectivity index (χ0n) is 8.75. The SMILES string of the molecule is CNC(c1cccnc1N)C1(C)CC1. The zero-order chi connectivity index (χ0) is 10.2. The number of nitrogen functional groups attached to an aromatic ring is 1.